The van der Waals surface area contributed by atoms with Crippen molar-refractivity contribution in [3.63, 3.8) is 0 Å². The van der Waals surface area contributed by atoms with Crippen LogP contribution in [-0.2, 0) is 17.8 Å². The van der Waals surface area contributed by atoms with E-state index in [2.05, 4.69) is 15.6 Å². The molecule has 3 heterocycles. The van der Waals surface area contributed by atoms with E-state index >= 15 is 0 Å². The molecule has 1 N–H and O–H groups in total. The molecular weight excluding hydrogens is 334 g/mol. The highest BCUT2D eigenvalue weighted by Crippen LogP contribution is 2.28. The first-order valence-corrected chi connectivity index (χ1v) is 8.23. The minimum Gasteiger partial charge on any atom is -0.453 e. The smallest absolute Gasteiger partial charge is 0.224 e. The molecule has 0 saturated heterocycles. The van der Waals surface area contributed by atoms with Gasteiger partial charge in [-0.15, -0.1) is 0 Å². The molecule has 7 heteroatoms. The summed E-state index contributed by atoms with van der Waals surface area (Å²) in [6, 6.07) is 11.4. The molecule has 0 aliphatic carbocycles. The summed E-state index contributed by atoms with van der Waals surface area (Å²) in [5.41, 5.74) is 2.94. The fourth-order valence-electron chi connectivity index (χ4n) is 2.78. The van der Waals surface area contributed by atoms with Crippen molar-refractivity contribution in [2.75, 3.05) is 0 Å². The Labute approximate surface area is 148 Å². The summed E-state index contributed by atoms with van der Waals surface area (Å²) in [7, 11) is 0. The number of benzene rings is 1. The van der Waals surface area contributed by atoms with Crippen molar-refractivity contribution in [2.45, 2.75) is 26.8 Å². The molecule has 0 radical (unpaired) electrons. The second kappa shape index (κ2) is 6.51. The van der Waals surface area contributed by atoms with Crippen LogP contribution in [0.1, 0.15) is 22.7 Å². The van der Waals surface area contributed by atoms with Gasteiger partial charge in [0.1, 0.15) is 17.0 Å². The third-order valence-electron chi connectivity index (χ3n) is 4.21. The Bertz CT molecular complexity index is 1020. The van der Waals surface area contributed by atoms with E-state index in [4.69, 9.17) is 13.5 Å². The van der Waals surface area contributed by atoms with E-state index in [0.717, 1.165) is 22.2 Å². The molecule has 0 saturated carbocycles. The minimum absolute atomic E-state index is 0.132. The summed E-state index contributed by atoms with van der Waals surface area (Å²) in [6.45, 7) is 3.88. The number of hydrogen-bond donors (Lipinski definition) is 1. The number of carbonyl (C=O) groups is 1. The van der Waals surface area contributed by atoms with E-state index in [0.29, 0.717) is 23.0 Å². The van der Waals surface area contributed by atoms with Gasteiger partial charge in [-0.1, -0.05) is 28.5 Å². The van der Waals surface area contributed by atoms with Crippen LogP contribution in [0.5, 0.6) is 0 Å². The van der Waals surface area contributed by atoms with Crippen LogP contribution in [0.25, 0.3) is 22.5 Å². The molecule has 132 valence electrons. The molecule has 0 spiro atoms. The van der Waals surface area contributed by atoms with Gasteiger partial charge in [0.2, 0.25) is 11.7 Å². The number of amides is 1. The molecule has 1 aromatic carbocycles. The number of furan rings is 1. The van der Waals surface area contributed by atoms with Crippen molar-refractivity contribution in [2.24, 2.45) is 0 Å². The largest absolute Gasteiger partial charge is 0.453 e. The summed E-state index contributed by atoms with van der Waals surface area (Å²) < 4.78 is 16.2. The third-order valence-corrected chi connectivity index (χ3v) is 4.21. The predicted molar refractivity (Wildman–Crippen MR) is 93.2 cm³/mol. The van der Waals surface area contributed by atoms with Crippen molar-refractivity contribution in [3.05, 3.63) is 59.1 Å². The zero-order chi connectivity index (χ0) is 18.1. The Balaban J connectivity index is 1.41. The maximum Gasteiger partial charge on any atom is 0.224 e. The maximum atomic E-state index is 12.1. The van der Waals surface area contributed by atoms with Gasteiger partial charge in [0.05, 0.1) is 18.7 Å². The fraction of sp³-hybridized carbons (Fsp3) is 0.211. The van der Waals surface area contributed by atoms with Crippen LogP contribution in [0.2, 0.25) is 0 Å². The van der Waals surface area contributed by atoms with E-state index < -0.39 is 0 Å². The lowest BCUT2D eigenvalue weighted by Gasteiger charge is -2.02. The van der Waals surface area contributed by atoms with Crippen LogP contribution in [-0.4, -0.2) is 16.2 Å². The molecule has 4 aromatic rings. The second-order valence-corrected chi connectivity index (χ2v) is 6.09. The molecule has 7 nitrogen and oxygen atoms in total. The van der Waals surface area contributed by atoms with E-state index in [1.54, 1.807) is 13.0 Å². The van der Waals surface area contributed by atoms with Gasteiger partial charge in [-0.2, -0.15) is 0 Å². The maximum absolute atomic E-state index is 12.1. The van der Waals surface area contributed by atoms with Crippen LogP contribution in [0, 0.1) is 13.8 Å². The highest BCUT2D eigenvalue weighted by Gasteiger charge is 2.15. The van der Waals surface area contributed by atoms with Gasteiger partial charge in [0.15, 0.2) is 5.76 Å². The summed E-state index contributed by atoms with van der Waals surface area (Å²) in [6.07, 6.45) is 0.218. The first-order valence-electron chi connectivity index (χ1n) is 8.23. The van der Waals surface area contributed by atoms with Gasteiger partial charge in [0, 0.05) is 17.0 Å². The lowest BCUT2D eigenvalue weighted by atomic mass is 10.1. The number of para-hydroxylation sites is 1. The monoisotopic (exact) mass is 351 g/mol. The topological polar surface area (TPSA) is 94.3 Å². The SMILES string of the molecule is Cc1noc(C)c1CC(=O)NCc1cc(-c2cc3ccccc3o2)on1. The van der Waals surface area contributed by atoms with Crippen LogP contribution in [0.3, 0.4) is 0 Å². The average Bonchev–Trinajstić information content (AvgIpc) is 3.34. The minimum atomic E-state index is -0.132. The van der Waals surface area contributed by atoms with Crippen molar-refractivity contribution >= 4 is 16.9 Å². The number of nitrogens with one attached hydrogen (secondary N) is 1. The predicted octanol–water partition coefficient (Wildman–Crippen LogP) is 3.55. The van der Waals surface area contributed by atoms with E-state index in [-0.39, 0.29) is 18.9 Å². The molecule has 26 heavy (non-hydrogen) atoms. The lowest BCUT2D eigenvalue weighted by molar-refractivity contribution is -0.120. The first kappa shape index (κ1) is 16.1. The quantitative estimate of drug-likeness (QED) is 0.591. The zero-order valence-corrected chi connectivity index (χ0v) is 14.4. The van der Waals surface area contributed by atoms with Gasteiger partial charge in [0.25, 0.3) is 0 Å². The standard InChI is InChI=1S/C19H17N3O4/c1-11-15(12(2)25-21-11)9-19(23)20-10-14-8-18(26-22-14)17-7-13-5-3-4-6-16(13)24-17/h3-8H,9-10H2,1-2H3,(H,20,23). The molecule has 0 fully saturated rings. The molecule has 1 amide bonds. The number of aryl methyl sites for hydroxylation is 2. The summed E-state index contributed by atoms with van der Waals surface area (Å²) in [5, 5.41) is 11.7. The molecule has 0 aliphatic heterocycles. The fourth-order valence-corrected chi connectivity index (χ4v) is 2.78. The Morgan fingerprint density at radius 3 is 2.69 bits per heavy atom. The Kier molecular flexibility index (Phi) is 4.04. The van der Waals surface area contributed by atoms with Crippen LogP contribution >= 0.6 is 0 Å². The van der Waals surface area contributed by atoms with Crippen LogP contribution < -0.4 is 5.32 Å². The van der Waals surface area contributed by atoms with E-state index in [1.807, 2.05) is 37.3 Å². The number of rotatable bonds is 5. The van der Waals surface area contributed by atoms with Crippen molar-refractivity contribution in [3.8, 4) is 11.5 Å². The van der Waals surface area contributed by atoms with Gasteiger partial charge in [-0.05, 0) is 26.0 Å². The van der Waals surface area contributed by atoms with E-state index in [9.17, 15) is 4.79 Å². The number of hydrogen-bond acceptors (Lipinski definition) is 6. The normalized spacial score (nSPS) is 11.2. The molecule has 4 rings (SSSR count). The zero-order valence-electron chi connectivity index (χ0n) is 14.4. The van der Waals surface area contributed by atoms with Crippen molar-refractivity contribution in [1.82, 2.24) is 15.6 Å². The third kappa shape index (κ3) is 3.11. The van der Waals surface area contributed by atoms with Gasteiger partial charge in [-0.25, -0.2) is 0 Å². The van der Waals surface area contributed by atoms with E-state index in [1.165, 1.54) is 0 Å². The van der Waals surface area contributed by atoms with Gasteiger partial charge >= 0.3 is 0 Å². The van der Waals surface area contributed by atoms with Gasteiger partial charge < -0.3 is 18.8 Å². The molecule has 0 atom stereocenters. The first-order chi connectivity index (χ1) is 12.6. The number of carbonyl (C=O) groups excluding carboxylic acids is 1. The Hall–Kier alpha value is -3.35. The summed E-state index contributed by atoms with van der Waals surface area (Å²) in [5.74, 6) is 1.65. The van der Waals surface area contributed by atoms with Crippen LogP contribution in [0.15, 0.2) is 49.9 Å². The Morgan fingerprint density at radius 1 is 1.08 bits per heavy atom. The second-order valence-electron chi connectivity index (χ2n) is 6.09. The Morgan fingerprint density at radius 2 is 1.92 bits per heavy atom. The molecule has 0 aliphatic rings. The molecule has 3 aromatic heterocycles. The lowest BCUT2D eigenvalue weighted by Crippen LogP contribution is -2.25. The number of nitrogens with zero attached hydrogens (tertiary/aromatic N) is 2. The van der Waals surface area contributed by atoms with Crippen molar-refractivity contribution in [1.29, 1.82) is 0 Å². The summed E-state index contributed by atoms with van der Waals surface area (Å²) in [4.78, 5) is 12.1. The molecular formula is C19H17N3O4. The van der Waals surface area contributed by atoms with Gasteiger partial charge in [-0.3, -0.25) is 4.79 Å². The summed E-state index contributed by atoms with van der Waals surface area (Å²) >= 11 is 0. The molecule has 0 unspecified atom stereocenters. The highest BCUT2D eigenvalue weighted by molar-refractivity contribution is 5.82. The van der Waals surface area contributed by atoms with Crippen LogP contribution in [0.4, 0.5) is 0 Å². The number of fused-ring (bicyclic) bond motifs is 1. The molecule has 0 bridgehead atoms. The highest BCUT2D eigenvalue weighted by atomic mass is 16.5. The average molecular weight is 351 g/mol. The van der Waals surface area contributed by atoms with Crippen molar-refractivity contribution < 1.29 is 18.3 Å². The number of aromatic nitrogens is 2.